The number of halogens is 1. The third-order valence-corrected chi connectivity index (χ3v) is 7.49. The highest BCUT2D eigenvalue weighted by Gasteiger charge is 2.38. The van der Waals surface area contributed by atoms with Gasteiger partial charge in [0.05, 0.1) is 24.0 Å². The molecule has 1 aliphatic rings. The average Bonchev–Trinajstić information content (AvgIpc) is 2.96. The number of nitrogens with one attached hydrogen (secondary N) is 2. The van der Waals surface area contributed by atoms with Crippen LogP contribution in [0.2, 0.25) is 0 Å². The molecule has 0 saturated heterocycles. The number of ether oxygens (including phenoxy) is 2. The highest BCUT2D eigenvalue weighted by atomic mass is 19.1. The molecular weight excluding hydrogens is 533 g/mol. The van der Waals surface area contributed by atoms with Gasteiger partial charge in [0.1, 0.15) is 22.9 Å². The summed E-state index contributed by atoms with van der Waals surface area (Å²) >= 11 is 0. The number of carbonyl (C=O) groups excluding carboxylic acids is 2. The summed E-state index contributed by atoms with van der Waals surface area (Å²) in [6.07, 6.45) is 0. The van der Waals surface area contributed by atoms with Crippen molar-refractivity contribution >= 4 is 28.9 Å². The quantitative estimate of drug-likeness (QED) is 0.183. The molecule has 0 bridgehead atoms. The highest BCUT2D eigenvalue weighted by molar-refractivity contribution is 6.09. The molecule has 216 valence electrons. The molecule has 0 atom stereocenters. The van der Waals surface area contributed by atoms with E-state index in [0.717, 1.165) is 39.2 Å². The molecule has 2 N–H and O–H groups in total. The van der Waals surface area contributed by atoms with E-state index in [1.54, 1.807) is 49.4 Å². The number of aryl methyl sites for hydroxylation is 2. The molecule has 8 heteroatoms. The van der Waals surface area contributed by atoms with Crippen molar-refractivity contribution in [2.75, 3.05) is 29.7 Å². The van der Waals surface area contributed by atoms with Crippen molar-refractivity contribution in [1.82, 2.24) is 0 Å². The van der Waals surface area contributed by atoms with Crippen molar-refractivity contribution in [3.63, 3.8) is 0 Å². The van der Waals surface area contributed by atoms with Crippen LogP contribution in [0.3, 0.4) is 0 Å². The first-order valence-corrected chi connectivity index (χ1v) is 13.7. The van der Waals surface area contributed by atoms with Gasteiger partial charge in [-0.15, -0.1) is 0 Å². The summed E-state index contributed by atoms with van der Waals surface area (Å²) in [6.45, 7) is 7.81. The molecule has 0 radical (unpaired) electrons. The first kappa shape index (κ1) is 28.7. The van der Waals surface area contributed by atoms with E-state index in [-0.39, 0.29) is 11.7 Å². The van der Waals surface area contributed by atoms with Crippen LogP contribution in [-0.2, 0) is 11.3 Å². The number of fused-ring (bicyclic) bond motifs is 1. The van der Waals surface area contributed by atoms with Gasteiger partial charge in [0, 0.05) is 36.5 Å². The van der Waals surface area contributed by atoms with E-state index in [4.69, 9.17) is 9.47 Å². The van der Waals surface area contributed by atoms with E-state index in [2.05, 4.69) is 10.6 Å². The smallest absolute Gasteiger partial charge is 0.343 e. The monoisotopic (exact) mass is 567 g/mol. The molecule has 1 amide bonds. The molecule has 1 aliphatic heterocycles. The van der Waals surface area contributed by atoms with Crippen LogP contribution in [0.1, 0.15) is 40.9 Å². The molecule has 1 heterocycles. The zero-order chi connectivity index (χ0) is 30.2. The number of esters is 1. The van der Waals surface area contributed by atoms with Gasteiger partial charge in [0.15, 0.2) is 0 Å². The number of nitrogens with zero attached hydrogens (tertiary/aromatic N) is 1. The Kier molecular flexibility index (Phi) is 7.65. The van der Waals surface area contributed by atoms with Crippen LogP contribution in [0.5, 0.6) is 11.5 Å². The molecule has 0 fully saturated rings. The number of carbonyl (C=O) groups is 2. The predicted octanol–water partition coefficient (Wildman–Crippen LogP) is 7.12. The Morgan fingerprint density at radius 2 is 1.76 bits per heavy atom. The van der Waals surface area contributed by atoms with Gasteiger partial charge in [-0.1, -0.05) is 29.8 Å². The summed E-state index contributed by atoms with van der Waals surface area (Å²) in [5, 5.41) is 6.73. The summed E-state index contributed by atoms with van der Waals surface area (Å²) in [4.78, 5) is 27.8. The van der Waals surface area contributed by atoms with Crippen molar-refractivity contribution in [3.8, 4) is 22.6 Å². The summed E-state index contributed by atoms with van der Waals surface area (Å²) in [7, 11) is 3.31. The van der Waals surface area contributed by atoms with Gasteiger partial charge < -0.3 is 25.0 Å². The van der Waals surface area contributed by atoms with Gasteiger partial charge in [-0.3, -0.25) is 4.79 Å². The largest absolute Gasteiger partial charge is 0.496 e. The molecule has 0 aliphatic carbocycles. The summed E-state index contributed by atoms with van der Waals surface area (Å²) in [6, 6.07) is 20.9. The maximum absolute atomic E-state index is 14.1. The Bertz CT molecular complexity index is 1700. The Morgan fingerprint density at radius 1 is 1.00 bits per heavy atom. The van der Waals surface area contributed by atoms with Gasteiger partial charge in [0.25, 0.3) is 5.91 Å². The summed E-state index contributed by atoms with van der Waals surface area (Å²) in [5.74, 6) is -0.0598. The number of hydrogen-bond acceptors (Lipinski definition) is 6. The van der Waals surface area contributed by atoms with Gasteiger partial charge in [0.2, 0.25) is 0 Å². The minimum absolute atomic E-state index is 0.0827. The minimum atomic E-state index is -0.784. The number of amides is 1. The zero-order valence-corrected chi connectivity index (χ0v) is 24.6. The maximum Gasteiger partial charge on any atom is 0.343 e. The highest BCUT2D eigenvalue weighted by Crippen LogP contribution is 2.45. The van der Waals surface area contributed by atoms with E-state index in [1.807, 2.05) is 58.0 Å². The minimum Gasteiger partial charge on any atom is -0.496 e. The van der Waals surface area contributed by atoms with E-state index >= 15 is 0 Å². The third-order valence-electron chi connectivity index (χ3n) is 7.49. The van der Waals surface area contributed by atoms with Crippen LogP contribution in [0, 0.1) is 19.7 Å². The predicted molar refractivity (Wildman–Crippen MR) is 164 cm³/mol. The number of rotatable bonds is 7. The standard InChI is InChI=1S/C34H34FN3O4/c1-20-8-7-9-22(16-20)32(39)42-24-12-13-26(30(18-24)41-6)25-14-15-28-31(38(5)33(40)34(3,4)37-28)27(25)19-36-29-17-23(35)11-10-21(29)2/h7-18,36-37H,19H2,1-6H3. The molecule has 4 aromatic carbocycles. The molecule has 7 nitrogen and oxygen atoms in total. The Balaban J connectivity index is 1.57. The first-order chi connectivity index (χ1) is 20.0. The lowest BCUT2D eigenvalue weighted by Crippen LogP contribution is -2.52. The molecule has 42 heavy (non-hydrogen) atoms. The van der Waals surface area contributed by atoms with E-state index in [1.165, 1.54) is 12.1 Å². The maximum atomic E-state index is 14.1. The lowest BCUT2D eigenvalue weighted by molar-refractivity contribution is -0.121. The molecular formula is C34H34FN3O4. The van der Waals surface area contributed by atoms with Crippen LogP contribution in [-0.4, -0.2) is 31.6 Å². The fraction of sp³-hybridized carbons (Fsp3) is 0.235. The van der Waals surface area contributed by atoms with Crippen LogP contribution < -0.4 is 25.0 Å². The van der Waals surface area contributed by atoms with E-state index < -0.39 is 11.5 Å². The SMILES string of the molecule is COc1cc(OC(=O)c2cccc(C)c2)ccc1-c1ccc2c(c1CNc1cc(F)ccc1C)N(C)C(=O)C(C)(C)N2. The van der Waals surface area contributed by atoms with Crippen molar-refractivity contribution in [2.45, 2.75) is 39.8 Å². The second-order valence-corrected chi connectivity index (χ2v) is 11.0. The number of benzene rings is 4. The Labute approximate surface area is 245 Å². The molecule has 0 spiro atoms. The fourth-order valence-corrected chi connectivity index (χ4v) is 5.33. The van der Waals surface area contributed by atoms with Crippen molar-refractivity contribution in [1.29, 1.82) is 0 Å². The molecule has 5 rings (SSSR count). The number of likely N-dealkylation sites (N-methyl/N-ethyl adjacent to an activating group) is 1. The van der Waals surface area contributed by atoms with E-state index in [9.17, 15) is 14.0 Å². The average molecular weight is 568 g/mol. The lowest BCUT2D eigenvalue weighted by atomic mass is 9.91. The number of methoxy groups -OCH3 is 1. The van der Waals surface area contributed by atoms with Crippen LogP contribution in [0.25, 0.3) is 11.1 Å². The molecule has 0 unspecified atom stereocenters. The van der Waals surface area contributed by atoms with Gasteiger partial charge in [-0.2, -0.15) is 0 Å². The van der Waals surface area contributed by atoms with Gasteiger partial charge in [-0.05, 0) is 81.3 Å². The number of anilines is 3. The third kappa shape index (κ3) is 5.52. The van der Waals surface area contributed by atoms with Crippen LogP contribution >= 0.6 is 0 Å². The Morgan fingerprint density at radius 3 is 2.50 bits per heavy atom. The topological polar surface area (TPSA) is 79.9 Å². The fourth-order valence-electron chi connectivity index (χ4n) is 5.33. The lowest BCUT2D eigenvalue weighted by Gasteiger charge is -2.40. The van der Waals surface area contributed by atoms with Crippen molar-refractivity contribution in [3.05, 3.63) is 101 Å². The molecule has 0 aromatic heterocycles. The normalized spacial score (nSPS) is 13.7. The van der Waals surface area contributed by atoms with Crippen molar-refractivity contribution in [2.24, 2.45) is 0 Å². The molecule has 4 aromatic rings. The Hall–Kier alpha value is -4.85. The second kappa shape index (κ2) is 11.2. The van der Waals surface area contributed by atoms with Crippen LogP contribution in [0.4, 0.5) is 21.5 Å². The second-order valence-electron chi connectivity index (χ2n) is 11.0. The first-order valence-electron chi connectivity index (χ1n) is 13.7. The van der Waals surface area contributed by atoms with Gasteiger partial charge >= 0.3 is 5.97 Å². The number of hydrogen-bond donors (Lipinski definition) is 2. The van der Waals surface area contributed by atoms with E-state index in [0.29, 0.717) is 29.3 Å². The van der Waals surface area contributed by atoms with Crippen molar-refractivity contribution < 1.29 is 23.5 Å². The molecule has 0 saturated carbocycles. The summed E-state index contributed by atoms with van der Waals surface area (Å²) in [5.41, 5.74) is 6.07. The van der Waals surface area contributed by atoms with Gasteiger partial charge in [-0.25, -0.2) is 9.18 Å². The van der Waals surface area contributed by atoms with Crippen LogP contribution in [0.15, 0.2) is 72.8 Å². The summed E-state index contributed by atoms with van der Waals surface area (Å²) < 4.78 is 25.5. The zero-order valence-electron chi connectivity index (χ0n) is 24.6.